The standard InChI is InChI=1S/C21H21Cl2FN4O2S/c1-4-28-20(13(3)30-15-6-7-16(22)12(2)9-15)26-27-21(28)31-11-19(29)25-14-5-8-18(24)17(23)10-14/h5-10,13H,4,11H2,1-3H3,(H,25,29). The Hall–Kier alpha value is -2.29. The van der Waals surface area contributed by atoms with Crippen molar-refractivity contribution >= 4 is 46.6 Å². The Morgan fingerprint density at radius 1 is 1.23 bits per heavy atom. The monoisotopic (exact) mass is 482 g/mol. The molecule has 3 aromatic rings. The maximum atomic E-state index is 13.2. The van der Waals surface area contributed by atoms with E-state index in [-0.39, 0.29) is 22.8 Å². The zero-order valence-corrected chi connectivity index (χ0v) is 19.5. The fourth-order valence-corrected chi connectivity index (χ4v) is 3.96. The van der Waals surface area contributed by atoms with Gasteiger partial charge >= 0.3 is 0 Å². The summed E-state index contributed by atoms with van der Waals surface area (Å²) in [5.74, 6) is 0.650. The Balaban J connectivity index is 1.64. The molecule has 0 saturated heterocycles. The average molecular weight is 483 g/mol. The van der Waals surface area contributed by atoms with Crippen molar-refractivity contribution in [3.63, 3.8) is 0 Å². The number of hydrogen-bond acceptors (Lipinski definition) is 5. The smallest absolute Gasteiger partial charge is 0.234 e. The first-order valence-electron chi connectivity index (χ1n) is 9.52. The summed E-state index contributed by atoms with van der Waals surface area (Å²) in [5, 5.41) is 12.4. The molecule has 31 heavy (non-hydrogen) atoms. The van der Waals surface area contributed by atoms with E-state index >= 15 is 0 Å². The van der Waals surface area contributed by atoms with Crippen LogP contribution in [0.3, 0.4) is 0 Å². The van der Waals surface area contributed by atoms with Crippen LogP contribution in [0, 0.1) is 12.7 Å². The molecule has 1 unspecified atom stereocenters. The van der Waals surface area contributed by atoms with Gasteiger partial charge in [0.15, 0.2) is 17.1 Å². The number of thioether (sulfide) groups is 1. The topological polar surface area (TPSA) is 69.0 Å². The second-order valence-corrected chi connectivity index (χ2v) is 8.48. The predicted molar refractivity (Wildman–Crippen MR) is 122 cm³/mol. The van der Waals surface area contributed by atoms with Crippen molar-refractivity contribution in [1.29, 1.82) is 0 Å². The molecule has 6 nitrogen and oxygen atoms in total. The third-order valence-electron chi connectivity index (χ3n) is 4.40. The number of aromatic nitrogens is 3. The second-order valence-electron chi connectivity index (χ2n) is 6.72. The maximum absolute atomic E-state index is 13.2. The molecule has 164 valence electrons. The largest absolute Gasteiger partial charge is 0.483 e. The lowest BCUT2D eigenvalue weighted by molar-refractivity contribution is -0.113. The minimum atomic E-state index is -0.539. The predicted octanol–water partition coefficient (Wildman–Crippen LogP) is 5.92. The van der Waals surface area contributed by atoms with Gasteiger partial charge in [-0.1, -0.05) is 35.0 Å². The average Bonchev–Trinajstić information content (AvgIpc) is 3.15. The number of carbonyl (C=O) groups excluding carboxylic acids is 1. The normalized spacial score (nSPS) is 11.9. The van der Waals surface area contributed by atoms with Gasteiger partial charge in [0.25, 0.3) is 0 Å². The van der Waals surface area contributed by atoms with E-state index in [9.17, 15) is 9.18 Å². The van der Waals surface area contributed by atoms with Gasteiger partial charge < -0.3 is 14.6 Å². The molecule has 0 radical (unpaired) electrons. The van der Waals surface area contributed by atoms with Gasteiger partial charge in [0.1, 0.15) is 11.6 Å². The van der Waals surface area contributed by atoms with Crippen LogP contribution in [0.25, 0.3) is 0 Å². The fraction of sp³-hybridized carbons (Fsp3) is 0.286. The molecule has 1 N–H and O–H groups in total. The van der Waals surface area contributed by atoms with E-state index in [4.69, 9.17) is 27.9 Å². The molecule has 10 heteroatoms. The van der Waals surface area contributed by atoms with Gasteiger partial charge in [0.2, 0.25) is 5.91 Å². The highest BCUT2D eigenvalue weighted by Crippen LogP contribution is 2.27. The third-order valence-corrected chi connectivity index (χ3v) is 6.08. The summed E-state index contributed by atoms with van der Waals surface area (Å²) in [6.45, 7) is 6.39. The van der Waals surface area contributed by atoms with Gasteiger partial charge in [-0.2, -0.15) is 0 Å². The van der Waals surface area contributed by atoms with Crippen LogP contribution in [0.15, 0.2) is 41.6 Å². The molecule has 2 aromatic carbocycles. The third kappa shape index (κ3) is 5.90. The van der Waals surface area contributed by atoms with Crippen LogP contribution in [0.2, 0.25) is 10.0 Å². The van der Waals surface area contributed by atoms with Gasteiger partial charge in [0, 0.05) is 17.3 Å². The molecular weight excluding hydrogens is 462 g/mol. The van der Waals surface area contributed by atoms with E-state index in [1.165, 1.54) is 30.0 Å². The lowest BCUT2D eigenvalue weighted by Gasteiger charge is -2.16. The number of rotatable bonds is 8. The molecule has 1 atom stereocenters. The molecule has 0 fully saturated rings. The number of carbonyl (C=O) groups is 1. The Morgan fingerprint density at radius 2 is 2.00 bits per heavy atom. The zero-order valence-electron chi connectivity index (χ0n) is 17.2. The molecule has 0 aliphatic carbocycles. The minimum absolute atomic E-state index is 0.0503. The maximum Gasteiger partial charge on any atom is 0.234 e. The lowest BCUT2D eigenvalue weighted by Crippen LogP contribution is -2.15. The van der Waals surface area contributed by atoms with Crippen LogP contribution >= 0.6 is 35.0 Å². The number of nitrogens with one attached hydrogen (secondary N) is 1. The number of anilines is 1. The number of halogens is 3. The summed E-state index contributed by atoms with van der Waals surface area (Å²) in [6.07, 6.45) is -0.349. The van der Waals surface area contributed by atoms with Crippen LogP contribution in [-0.4, -0.2) is 26.4 Å². The molecule has 0 aliphatic heterocycles. The van der Waals surface area contributed by atoms with Crippen molar-refractivity contribution in [3.8, 4) is 5.75 Å². The number of hydrogen-bond donors (Lipinski definition) is 1. The molecule has 1 amide bonds. The summed E-state index contributed by atoms with van der Waals surface area (Å²) in [7, 11) is 0. The Bertz CT molecular complexity index is 1090. The first-order chi connectivity index (χ1) is 14.8. The lowest BCUT2D eigenvalue weighted by atomic mass is 10.2. The van der Waals surface area contributed by atoms with E-state index in [1.807, 2.05) is 31.4 Å². The first-order valence-corrected chi connectivity index (χ1v) is 11.3. The van der Waals surface area contributed by atoms with Crippen LogP contribution in [-0.2, 0) is 11.3 Å². The van der Waals surface area contributed by atoms with E-state index in [0.29, 0.717) is 34.0 Å². The van der Waals surface area contributed by atoms with E-state index in [1.54, 1.807) is 12.1 Å². The summed E-state index contributed by atoms with van der Waals surface area (Å²) < 4.78 is 21.2. The van der Waals surface area contributed by atoms with Crippen molar-refractivity contribution in [3.05, 3.63) is 63.6 Å². The summed E-state index contributed by atoms with van der Waals surface area (Å²) in [4.78, 5) is 12.3. The number of amides is 1. The molecule has 0 aliphatic rings. The van der Waals surface area contributed by atoms with Gasteiger partial charge in [0.05, 0.1) is 10.8 Å². The molecular formula is C21H21Cl2FN4O2S. The van der Waals surface area contributed by atoms with Crippen molar-refractivity contribution in [2.24, 2.45) is 0 Å². The number of ether oxygens (including phenoxy) is 1. The van der Waals surface area contributed by atoms with E-state index in [2.05, 4.69) is 15.5 Å². The van der Waals surface area contributed by atoms with Gasteiger partial charge in [-0.3, -0.25) is 4.79 Å². The van der Waals surface area contributed by atoms with Crippen molar-refractivity contribution < 1.29 is 13.9 Å². The summed E-state index contributed by atoms with van der Waals surface area (Å²) in [6, 6.07) is 9.48. The Labute approximate surface area is 194 Å². The summed E-state index contributed by atoms with van der Waals surface area (Å²) in [5.41, 5.74) is 1.35. The van der Waals surface area contributed by atoms with Crippen LogP contribution in [0.4, 0.5) is 10.1 Å². The number of aryl methyl sites for hydroxylation is 1. The zero-order chi connectivity index (χ0) is 22.5. The molecule has 1 aromatic heterocycles. The fourth-order valence-electron chi connectivity index (χ4n) is 2.85. The van der Waals surface area contributed by atoms with Gasteiger partial charge in [-0.05, 0) is 62.7 Å². The highest BCUT2D eigenvalue weighted by molar-refractivity contribution is 7.99. The number of benzene rings is 2. The SMILES string of the molecule is CCn1c(SCC(=O)Nc2ccc(F)c(Cl)c2)nnc1C(C)Oc1ccc(Cl)c(C)c1. The Kier molecular flexibility index (Phi) is 7.80. The number of nitrogens with zero attached hydrogens (tertiary/aromatic N) is 3. The second kappa shape index (κ2) is 10.3. The van der Waals surface area contributed by atoms with Crippen molar-refractivity contribution in [2.75, 3.05) is 11.1 Å². The van der Waals surface area contributed by atoms with Crippen LogP contribution in [0.1, 0.15) is 31.3 Å². The molecule has 3 rings (SSSR count). The van der Waals surface area contributed by atoms with Gasteiger partial charge in [-0.25, -0.2) is 4.39 Å². The quantitative estimate of drug-likeness (QED) is 0.403. The van der Waals surface area contributed by atoms with Crippen molar-refractivity contribution in [2.45, 2.75) is 38.6 Å². The van der Waals surface area contributed by atoms with Crippen LogP contribution < -0.4 is 10.1 Å². The molecule has 0 bridgehead atoms. The van der Waals surface area contributed by atoms with E-state index < -0.39 is 5.82 Å². The van der Waals surface area contributed by atoms with Crippen LogP contribution in [0.5, 0.6) is 5.75 Å². The highest BCUT2D eigenvalue weighted by atomic mass is 35.5. The molecule has 0 spiro atoms. The minimum Gasteiger partial charge on any atom is -0.483 e. The van der Waals surface area contributed by atoms with Crippen molar-refractivity contribution in [1.82, 2.24) is 14.8 Å². The molecule has 0 saturated carbocycles. The highest BCUT2D eigenvalue weighted by Gasteiger charge is 2.20. The summed E-state index contributed by atoms with van der Waals surface area (Å²) >= 11 is 13.1. The Morgan fingerprint density at radius 3 is 2.68 bits per heavy atom. The molecule has 1 heterocycles. The first kappa shape index (κ1) is 23.4. The van der Waals surface area contributed by atoms with Gasteiger partial charge in [-0.15, -0.1) is 10.2 Å². The van der Waals surface area contributed by atoms with E-state index in [0.717, 1.165) is 5.56 Å².